The van der Waals surface area contributed by atoms with Crippen molar-refractivity contribution in [3.8, 4) is 0 Å². The van der Waals surface area contributed by atoms with E-state index in [1.54, 1.807) is 0 Å². The normalized spacial score (nSPS) is 19.1. The lowest BCUT2D eigenvalue weighted by Gasteiger charge is -2.27. The van der Waals surface area contributed by atoms with Gasteiger partial charge in [-0.25, -0.2) is 8.78 Å². The van der Waals surface area contributed by atoms with Crippen LogP contribution >= 0.6 is 0 Å². The first-order chi connectivity index (χ1) is 13.4. The number of carbonyl (C=O) groups excluding carboxylic acids is 2. The summed E-state index contributed by atoms with van der Waals surface area (Å²) in [5.41, 5.74) is 2.47. The lowest BCUT2D eigenvalue weighted by atomic mass is 9.81. The SMILES string of the molecule is Cc1ccc(CNC(=O)C2CCC(C(=O)Nc3ccc(F)c(F)c3)CC2)cc1. The maximum absolute atomic E-state index is 13.3. The van der Waals surface area contributed by atoms with Crippen LogP contribution in [0.3, 0.4) is 0 Å². The number of hydrogen-bond donors (Lipinski definition) is 2. The van der Waals surface area contributed by atoms with Crippen LogP contribution in [0.4, 0.5) is 14.5 Å². The molecule has 0 unspecified atom stereocenters. The van der Waals surface area contributed by atoms with Crippen LogP contribution in [0, 0.1) is 30.4 Å². The molecule has 2 amide bonds. The minimum Gasteiger partial charge on any atom is -0.352 e. The summed E-state index contributed by atoms with van der Waals surface area (Å²) in [5, 5.41) is 5.60. The molecule has 2 aromatic carbocycles. The molecule has 28 heavy (non-hydrogen) atoms. The van der Waals surface area contributed by atoms with Gasteiger partial charge >= 0.3 is 0 Å². The number of hydrogen-bond acceptors (Lipinski definition) is 2. The number of nitrogens with one attached hydrogen (secondary N) is 2. The molecule has 0 atom stereocenters. The fourth-order valence-corrected chi connectivity index (χ4v) is 3.48. The third kappa shape index (κ3) is 5.15. The maximum atomic E-state index is 13.3. The van der Waals surface area contributed by atoms with Gasteiger partial charge in [0.25, 0.3) is 0 Å². The van der Waals surface area contributed by atoms with Crippen LogP contribution in [0.1, 0.15) is 36.8 Å². The minimum absolute atomic E-state index is 0.0139. The van der Waals surface area contributed by atoms with E-state index in [2.05, 4.69) is 10.6 Å². The molecule has 2 aromatic rings. The first-order valence-electron chi connectivity index (χ1n) is 9.51. The van der Waals surface area contributed by atoms with Crippen molar-refractivity contribution < 1.29 is 18.4 Å². The van der Waals surface area contributed by atoms with Crippen molar-refractivity contribution in [2.45, 2.75) is 39.2 Å². The Morgan fingerprint density at radius 1 is 0.893 bits per heavy atom. The van der Waals surface area contributed by atoms with Gasteiger partial charge in [0.1, 0.15) is 0 Å². The van der Waals surface area contributed by atoms with Crippen molar-refractivity contribution in [3.63, 3.8) is 0 Å². The molecule has 1 fully saturated rings. The number of amides is 2. The Morgan fingerprint density at radius 2 is 1.50 bits per heavy atom. The molecule has 1 aliphatic rings. The molecule has 2 N–H and O–H groups in total. The Labute approximate surface area is 163 Å². The van der Waals surface area contributed by atoms with Crippen molar-refractivity contribution in [3.05, 3.63) is 65.2 Å². The Hall–Kier alpha value is -2.76. The fourth-order valence-electron chi connectivity index (χ4n) is 3.48. The summed E-state index contributed by atoms with van der Waals surface area (Å²) in [5.74, 6) is -2.47. The highest BCUT2D eigenvalue weighted by Gasteiger charge is 2.30. The highest BCUT2D eigenvalue weighted by atomic mass is 19.2. The Balaban J connectivity index is 1.45. The van der Waals surface area contributed by atoms with Gasteiger partial charge in [0.2, 0.25) is 11.8 Å². The third-order valence-corrected chi connectivity index (χ3v) is 5.24. The first kappa shape index (κ1) is 20.0. The molecule has 0 aliphatic heterocycles. The molecule has 0 radical (unpaired) electrons. The monoisotopic (exact) mass is 386 g/mol. The van der Waals surface area contributed by atoms with E-state index in [4.69, 9.17) is 0 Å². The molecular weight excluding hydrogens is 362 g/mol. The summed E-state index contributed by atoms with van der Waals surface area (Å²) in [7, 11) is 0. The van der Waals surface area contributed by atoms with Crippen molar-refractivity contribution in [2.24, 2.45) is 11.8 Å². The zero-order valence-corrected chi connectivity index (χ0v) is 15.8. The molecule has 4 nitrogen and oxygen atoms in total. The van der Waals surface area contributed by atoms with E-state index in [9.17, 15) is 18.4 Å². The summed E-state index contributed by atoms with van der Waals surface area (Å²) in [6.45, 7) is 2.51. The molecular formula is C22H24F2N2O2. The molecule has 3 rings (SSSR count). The number of aryl methyl sites for hydroxylation is 1. The lowest BCUT2D eigenvalue weighted by Crippen LogP contribution is -2.35. The first-order valence-corrected chi connectivity index (χ1v) is 9.51. The molecule has 0 spiro atoms. The largest absolute Gasteiger partial charge is 0.352 e. The predicted molar refractivity (Wildman–Crippen MR) is 103 cm³/mol. The van der Waals surface area contributed by atoms with Crippen molar-refractivity contribution in [1.29, 1.82) is 0 Å². The Kier molecular flexibility index (Phi) is 6.39. The lowest BCUT2D eigenvalue weighted by molar-refractivity contribution is -0.128. The van der Waals surface area contributed by atoms with E-state index in [-0.39, 0.29) is 29.3 Å². The van der Waals surface area contributed by atoms with Gasteiger partial charge in [0.05, 0.1) is 0 Å². The fraction of sp³-hybridized carbons (Fsp3) is 0.364. The Bertz CT molecular complexity index is 844. The topological polar surface area (TPSA) is 58.2 Å². The second kappa shape index (κ2) is 8.95. The van der Waals surface area contributed by atoms with Crippen molar-refractivity contribution in [2.75, 3.05) is 5.32 Å². The van der Waals surface area contributed by atoms with Crippen LogP contribution in [-0.2, 0) is 16.1 Å². The van der Waals surface area contributed by atoms with Crippen LogP contribution in [0.2, 0.25) is 0 Å². The van der Waals surface area contributed by atoms with Crippen LogP contribution in [0.5, 0.6) is 0 Å². The molecule has 6 heteroatoms. The van der Waals surface area contributed by atoms with E-state index >= 15 is 0 Å². The zero-order chi connectivity index (χ0) is 20.1. The van der Waals surface area contributed by atoms with Gasteiger partial charge in [-0.05, 0) is 50.3 Å². The summed E-state index contributed by atoms with van der Waals surface area (Å²) in [6, 6.07) is 11.3. The molecule has 0 aromatic heterocycles. The number of rotatable bonds is 5. The van der Waals surface area contributed by atoms with Gasteiger partial charge in [0, 0.05) is 30.1 Å². The smallest absolute Gasteiger partial charge is 0.227 e. The quantitative estimate of drug-likeness (QED) is 0.803. The second-order valence-electron chi connectivity index (χ2n) is 7.37. The van der Waals surface area contributed by atoms with Gasteiger partial charge < -0.3 is 10.6 Å². The average Bonchev–Trinajstić information content (AvgIpc) is 2.70. The molecule has 0 heterocycles. The number of halogens is 2. The van der Waals surface area contributed by atoms with E-state index in [0.29, 0.717) is 32.2 Å². The molecule has 148 valence electrons. The average molecular weight is 386 g/mol. The van der Waals surface area contributed by atoms with Crippen LogP contribution in [0.15, 0.2) is 42.5 Å². The van der Waals surface area contributed by atoms with Gasteiger partial charge in [-0.2, -0.15) is 0 Å². The van der Waals surface area contributed by atoms with E-state index in [1.165, 1.54) is 11.6 Å². The zero-order valence-electron chi connectivity index (χ0n) is 15.8. The Morgan fingerprint density at radius 3 is 2.11 bits per heavy atom. The maximum Gasteiger partial charge on any atom is 0.227 e. The van der Waals surface area contributed by atoms with Crippen molar-refractivity contribution in [1.82, 2.24) is 5.32 Å². The van der Waals surface area contributed by atoms with E-state index in [0.717, 1.165) is 17.7 Å². The summed E-state index contributed by atoms with van der Waals surface area (Å²) < 4.78 is 26.2. The molecule has 0 bridgehead atoms. The van der Waals surface area contributed by atoms with Gasteiger partial charge in [-0.15, -0.1) is 0 Å². The molecule has 1 aliphatic carbocycles. The third-order valence-electron chi connectivity index (χ3n) is 5.24. The minimum atomic E-state index is -0.994. The van der Waals surface area contributed by atoms with E-state index in [1.807, 2.05) is 31.2 Å². The summed E-state index contributed by atoms with van der Waals surface area (Å²) >= 11 is 0. The highest BCUT2D eigenvalue weighted by Crippen LogP contribution is 2.30. The van der Waals surface area contributed by atoms with Gasteiger partial charge in [-0.3, -0.25) is 9.59 Å². The second-order valence-corrected chi connectivity index (χ2v) is 7.37. The summed E-state index contributed by atoms with van der Waals surface area (Å²) in [6.07, 6.45) is 2.46. The predicted octanol–water partition coefficient (Wildman–Crippen LogP) is 4.33. The molecule has 0 saturated heterocycles. The standard InChI is InChI=1S/C22H24F2N2O2/c1-14-2-4-15(5-3-14)13-25-21(27)16-6-8-17(9-7-16)22(28)26-18-10-11-19(23)20(24)12-18/h2-5,10-12,16-17H,6-9,13H2,1H3,(H,25,27)(H,26,28). The van der Waals surface area contributed by atoms with Gasteiger partial charge in [0.15, 0.2) is 11.6 Å². The van der Waals surface area contributed by atoms with E-state index < -0.39 is 11.6 Å². The number of carbonyl (C=O) groups is 2. The number of benzene rings is 2. The van der Waals surface area contributed by atoms with Gasteiger partial charge in [-0.1, -0.05) is 29.8 Å². The highest BCUT2D eigenvalue weighted by molar-refractivity contribution is 5.92. The summed E-state index contributed by atoms with van der Waals surface area (Å²) in [4.78, 5) is 24.7. The van der Waals surface area contributed by atoms with Crippen LogP contribution in [-0.4, -0.2) is 11.8 Å². The van der Waals surface area contributed by atoms with Crippen molar-refractivity contribution >= 4 is 17.5 Å². The number of anilines is 1. The van der Waals surface area contributed by atoms with Crippen LogP contribution in [0.25, 0.3) is 0 Å². The molecule has 1 saturated carbocycles. The van der Waals surface area contributed by atoms with Crippen LogP contribution < -0.4 is 10.6 Å².